The molecule has 2 fully saturated rings. The molecule has 150 valence electrons. The van der Waals surface area contributed by atoms with Crippen molar-refractivity contribution in [3.8, 4) is 0 Å². The Hall–Kier alpha value is -2.36. The molecule has 0 aliphatic carbocycles. The first kappa shape index (κ1) is 19.0. The molecule has 0 aromatic carbocycles. The number of alkyl halides is 2. The van der Waals surface area contributed by atoms with Crippen LogP contribution < -0.4 is 9.80 Å². The number of hydrogen-bond donors (Lipinski definition) is 0. The van der Waals surface area contributed by atoms with Crippen LogP contribution in [-0.2, 0) is 9.84 Å². The Kier molecular flexibility index (Phi) is 4.90. The Balaban J connectivity index is 1.47. The lowest BCUT2D eigenvalue weighted by Gasteiger charge is -2.36. The number of rotatable bonds is 5. The van der Waals surface area contributed by atoms with Gasteiger partial charge in [0.2, 0.25) is 9.84 Å². The molecule has 0 amide bonds. The molecule has 2 saturated heterocycles. The second-order valence-electron chi connectivity index (χ2n) is 7.12. The molecule has 2 aliphatic heterocycles. The van der Waals surface area contributed by atoms with Gasteiger partial charge in [0.25, 0.3) is 0 Å². The molecule has 2 aromatic heterocycles. The van der Waals surface area contributed by atoms with Crippen molar-refractivity contribution < 1.29 is 17.2 Å². The summed E-state index contributed by atoms with van der Waals surface area (Å²) in [6, 6.07) is 4.50. The summed E-state index contributed by atoms with van der Waals surface area (Å²) in [5.41, 5.74) is 0.797. The second kappa shape index (κ2) is 7.23. The Morgan fingerprint density at radius 2 is 1.71 bits per heavy atom. The molecule has 28 heavy (non-hydrogen) atoms. The van der Waals surface area contributed by atoms with Crippen LogP contribution in [0.25, 0.3) is 0 Å². The van der Waals surface area contributed by atoms with Crippen molar-refractivity contribution in [2.75, 3.05) is 36.0 Å². The number of piperidine rings is 1. The minimum Gasteiger partial charge on any atom is -0.370 e. The smallest absolute Gasteiger partial charge is 0.352 e. The van der Waals surface area contributed by atoms with E-state index in [1.54, 1.807) is 12.3 Å². The number of pyridine rings is 1. The standard InChI is InChI=1S/C18H21F2N5O2S/c19-18(20,14-5-10-24(11-6-14)15-4-7-22-23-12-15)28(26,27)16-2-3-17(21-13-16)25-8-1-9-25/h2-4,7,12-14H,1,5-6,8-11H2. The highest BCUT2D eigenvalue weighted by Crippen LogP contribution is 2.41. The molecule has 10 heteroatoms. The summed E-state index contributed by atoms with van der Waals surface area (Å²) < 4.78 is 55.2. The summed E-state index contributed by atoms with van der Waals surface area (Å²) in [5, 5.41) is 3.65. The molecule has 0 radical (unpaired) electrons. The molecular formula is C18H21F2N5O2S. The summed E-state index contributed by atoms with van der Waals surface area (Å²) in [4.78, 5) is 7.53. The van der Waals surface area contributed by atoms with Gasteiger partial charge in [-0.1, -0.05) is 0 Å². The largest absolute Gasteiger partial charge is 0.370 e. The highest BCUT2D eigenvalue weighted by atomic mass is 32.2. The zero-order valence-corrected chi connectivity index (χ0v) is 16.0. The van der Waals surface area contributed by atoms with E-state index in [0.29, 0.717) is 18.9 Å². The van der Waals surface area contributed by atoms with Gasteiger partial charge in [-0.25, -0.2) is 13.4 Å². The van der Waals surface area contributed by atoms with Crippen LogP contribution in [0.1, 0.15) is 19.3 Å². The molecule has 0 unspecified atom stereocenters. The van der Waals surface area contributed by atoms with Crippen molar-refractivity contribution in [2.24, 2.45) is 5.92 Å². The molecular weight excluding hydrogens is 388 g/mol. The van der Waals surface area contributed by atoms with Crippen LogP contribution in [0.3, 0.4) is 0 Å². The average molecular weight is 409 g/mol. The summed E-state index contributed by atoms with van der Waals surface area (Å²) in [6.07, 6.45) is 5.36. The molecule has 4 heterocycles. The predicted octanol–water partition coefficient (Wildman–Crippen LogP) is 2.36. The SMILES string of the molecule is O=S(=O)(c1ccc(N2CCC2)nc1)C(F)(F)C1CCN(c2ccnnc2)CC1. The molecule has 7 nitrogen and oxygen atoms in total. The quantitative estimate of drug-likeness (QED) is 0.750. The molecule has 0 N–H and O–H groups in total. The Morgan fingerprint density at radius 3 is 2.25 bits per heavy atom. The van der Waals surface area contributed by atoms with Gasteiger partial charge in [0.15, 0.2) is 0 Å². The number of nitrogens with zero attached hydrogens (tertiary/aromatic N) is 5. The van der Waals surface area contributed by atoms with Crippen molar-refractivity contribution in [2.45, 2.75) is 29.4 Å². The van der Waals surface area contributed by atoms with E-state index in [1.807, 2.05) is 9.80 Å². The minimum atomic E-state index is -4.81. The van der Waals surface area contributed by atoms with Crippen molar-refractivity contribution in [1.82, 2.24) is 15.2 Å². The van der Waals surface area contributed by atoms with Crippen molar-refractivity contribution in [3.05, 3.63) is 36.8 Å². The average Bonchev–Trinajstić information content (AvgIpc) is 2.68. The zero-order chi connectivity index (χ0) is 19.8. The van der Waals surface area contributed by atoms with Gasteiger partial charge >= 0.3 is 5.25 Å². The number of anilines is 2. The number of aromatic nitrogens is 3. The molecule has 0 spiro atoms. The fourth-order valence-electron chi connectivity index (χ4n) is 3.58. The van der Waals surface area contributed by atoms with Gasteiger partial charge in [-0.3, -0.25) is 0 Å². The van der Waals surface area contributed by atoms with E-state index in [-0.39, 0.29) is 12.8 Å². The highest BCUT2D eigenvalue weighted by Gasteiger charge is 2.53. The van der Waals surface area contributed by atoms with E-state index in [9.17, 15) is 17.2 Å². The minimum absolute atomic E-state index is 0.0772. The molecule has 2 aromatic rings. The first-order valence-corrected chi connectivity index (χ1v) is 10.7. The van der Waals surface area contributed by atoms with Crippen LogP contribution in [0.2, 0.25) is 0 Å². The molecule has 0 atom stereocenters. The summed E-state index contributed by atoms with van der Waals surface area (Å²) in [5.74, 6) is -0.619. The maximum Gasteiger partial charge on any atom is 0.352 e. The van der Waals surface area contributed by atoms with Crippen molar-refractivity contribution in [3.63, 3.8) is 0 Å². The van der Waals surface area contributed by atoms with Gasteiger partial charge in [0.05, 0.1) is 23.0 Å². The van der Waals surface area contributed by atoms with E-state index >= 15 is 0 Å². The van der Waals surface area contributed by atoms with Gasteiger partial charge in [-0.15, -0.1) is 0 Å². The molecule has 0 saturated carbocycles. The highest BCUT2D eigenvalue weighted by molar-refractivity contribution is 7.92. The first-order valence-electron chi connectivity index (χ1n) is 9.25. The van der Waals surface area contributed by atoms with E-state index < -0.39 is 25.9 Å². The Morgan fingerprint density at radius 1 is 0.964 bits per heavy atom. The first-order chi connectivity index (χ1) is 13.4. The fourth-order valence-corrected chi connectivity index (χ4v) is 5.01. The third-order valence-electron chi connectivity index (χ3n) is 5.47. The van der Waals surface area contributed by atoms with Crippen LogP contribution in [0.15, 0.2) is 41.7 Å². The van der Waals surface area contributed by atoms with Crippen LogP contribution in [0.5, 0.6) is 0 Å². The van der Waals surface area contributed by atoms with Gasteiger partial charge in [-0.2, -0.15) is 19.0 Å². The summed E-state index contributed by atoms with van der Waals surface area (Å²) in [7, 11) is -4.81. The van der Waals surface area contributed by atoms with E-state index in [0.717, 1.165) is 31.4 Å². The van der Waals surface area contributed by atoms with Crippen molar-refractivity contribution in [1.29, 1.82) is 0 Å². The lowest BCUT2D eigenvalue weighted by atomic mass is 9.97. The number of halogens is 2. The van der Waals surface area contributed by atoms with Gasteiger partial charge in [-0.05, 0) is 37.5 Å². The third-order valence-corrected chi connectivity index (χ3v) is 7.39. The van der Waals surface area contributed by atoms with Crippen LogP contribution >= 0.6 is 0 Å². The van der Waals surface area contributed by atoms with Gasteiger partial charge < -0.3 is 9.80 Å². The van der Waals surface area contributed by atoms with Crippen LogP contribution in [0.4, 0.5) is 20.3 Å². The molecule has 2 aliphatic rings. The lowest BCUT2D eigenvalue weighted by Crippen LogP contribution is -2.44. The van der Waals surface area contributed by atoms with Gasteiger partial charge in [0, 0.05) is 38.3 Å². The topological polar surface area (TPSA) is 79.3 Å². The molecule has 4 rings (SSSR count). The Labute approximate surface area is 162 Å². The van der Waals surface area contributed by atoms with E-state index in [4.69, 9.17) is 0 Å². The number of hydrogen-bond acceptors (Lipinski definition) is 7. The normalized spacial score (nSPS) is 18.8. The van der Waals surface area contributed by atoms with E-state index in [1.165, 1.54) is 18.3 Å². The maximum absolute atomic E-state index is 15.0. The monoisotopic (exact) mass is 409 g/mol. The fraction of sp³-hybridized carbons (Fsp3) is 0.500. The molecule has 0 bridgehead atoms. The van der Waals surface area contributed by atoms with Gasteiger partial charge in [0.1, 0.15) is 5.82 Å². The maximum atomic E-state index is 15.0. The predicted molar refractivity (Wildman–Crippen MR) is 100 cm³/mol. The summed E-state index contributed by atoms with van der Waals surface area (Å²) in [6.45, 7) is 2.38. The second-order valence-corrected chi connectivity index (χ2v) is 9.14. The van der Waals surface area contributed by atoms with Crippen molar-refractivity contribution >= 4 is 21.3 Å². The third kappa shape index (κ3) is 3.30. The summed E-state index contributed by atoms with van der Waals surface area (Å²) >= 11 is 0. The van der Waals surface area contributed by atoms with Crippen LogP contribution in [0, 0.1) is 5.92 Å². The lowest BCUT2D eigenvalue weighted by molar-refractivity contribution is 0.0149. The Bertz CT molecular complexity index is 913. The number of sulfone groups is 1. The van der Waals surface area contributed by atoms with E-state index in [2.05, 4.69) is 15.2 Å². The zero-order valence-electron chi connectivity index (χ0n) is 15.2. The van der Waals surface area contributed by atoms with Crippen LogP contribution in [-0.4, -0.2) is 55.0 Å².